The molecule has 1 fully saturated rings. The van der Waals surface area contributed by atoms with Crippen LogP contribution in [-0.2, 0) is 19.5 Å². The van der Waals surface area contributed by atoms with Crippen LogP contribution in [0.25, 0.3) is 0 Å². The van der Waals surface area contributed by atoms with E-state index in [1.54, 1.807) is 0 Å². The molecule has 4 rings (SSSR count). The fraction of sp³-hybridized carbons (Fsp3) is 0.650. The number of carbonyl (C=O) groups excluding carboxylic acids is 1. The lowest BCUT2D eigenvalue weighted by Crippen LogP contribution is -2.47. The summed E-state index contributed by atoms with van der Waals surface area (Å²) in [4.78, 5) is 19.2. The predicted molar refractivity (Wildman–Crippen MR) is 107 cm³/mol. The number of amides is 2. The van der Waals surface area contributed by atoms with E-state index in [1.165, 1.54) is 18.5 Å². The van der Waals surface area contributed by atoms with E-state index in [-0.39, 0.29) is 12.1 Å². The van der Waals surface area contributed by atoms with Crippen LogP contribution >= 0.6 is 0 Å². The second-order valence-electron chi connectivity index (χ2n) is 8.18. The second kappa shape index (κ2) is 7.95. The Hall–Kier alpha value is -2.35. The van der Waals surface area contributed by atoms with Gasteiger partial charge in [0.15, 0.2) is 0 Å². The van der Waals surface area contributed by atoms with Crippen molar-refractivity contribution in [1.29, 1.82) is 0 Å². The van der Waals surface area contributed by atoms with E-state index in [0.29, 0.717) is 19.1 Å². The highest BCUT2D eigenvalue weighted by molar-refractivity contribution is 5.74. The van der Waals surface area contributed by atoms with Gasteiger partial charge in [-0.15, -0.1) is 0 Å². The minimum atomic E-state index is -0.0198. The smallest absolute Gasteiger partial charge is 0.318 e. The summed E-state index contributed by atoms with van der Waals surface area (Å²) in [6.07, 6.45) is 5.24. The average Bonchev–Trinajstić information content (AvgIpc) is 3.24. The quantitative estimate of drug-likeness (QED) is 0.841. The number of fused-ring (bicyclic) bond motifs is 1. The highest BCUT2D eigenvalue weighted by Gasteiger charge is 2.27. The Labute approximate surface area is 166 Å². The first-order valence-corrected chi connectivity index (χ1v) is 10.3. The van der Waals surface area contributed by atoms with Gasteiger partial charge in [-0.3, -0.25) is 4.68 Å². The Morgan fingerprint density at radius 1 is 1.43 bits per heavy atom. The third-order valence-electron chi connectivity index (χ3n) is 5.81. The van der Waals surface area contributed by atoms with Crippen LogP contribution in [0, 0.1) is 13.8 Å². The molecule has 152 valence electrons. The number of urea groups is 1. The van der Waals surface area contributed by atoms with Gasteiger partial charge >= 0.3 is 6.03 Å². The Morgan fingerprint density at radius 3 is 3.00 bits per heavy atom. The number of nitrogens with zero attached hydrogens (tertiary/aromatic N) is 5. The molecule has 2 N–H and O–H groups in total. The van der Waals surface area contributed by atoms with E-state index in [9.17, 15) is 4.79 Å². The number of aryl methyl sites for hydroxylation is 2. The third kappa shape index (κ3) is 3.92. The first-order chi connectivity index (χ1) is 13.5. The Morgan fingerprint density at radius 2 is 2.29 bits per heavy atom. The fourth-order valence-electron chi connectivity index (χ4n) is 4.36. The number of aromatic nitrogens is 4. The number of imidazole rings is 1. The van der Waals surface area contributed by atoms with Crippen molar-refractivity contribution in [2.24, 2.45) is 0 Å². The van der Waals surface area contributed by atoms with Crippen molar-refractivity contribution >= 4 is 6.03 Å². The topological polar surface area (TPSA) is 80.0 Å². The van der Waals surface area contributed by atoms with Gasteiger partial charge in [0.1, 0.15) is 0 Å². The Bertz CT molecular complexity index is 834. The van der Waals surface area contributed by atoms with Gasteiger partial charge in [-0.1, -0.05) is 0 Å². The molecule has 2 aliphatic heterocycles. The zero-order valence-corrected chi connectivity index (χ0v) is 17.1. The molecule has 8 heteroatoms. The van der Waals surface area contributed by atoms with Crippen LogP contribution < -0.4 is 10.6 Å². The molecule has 2 atom stereocenters. The SMILES string of the molecule is Cc1cc(C)n(CC(C)NC(=O)N2CCc3c(ncn3C3CCCNC3)C2)n1. The van der Waals surface area contributed by atoms with Crippen LogP contribution in [0.15, 0.2) is 12.4 Å². The maximum absolute atomic E-state index is 12.7. The van der Waals surface area contributed by atoms with Crippen LogP contribution in [-0.4, -0.2) is 55.9 Å². The van der Waals surface area contributed by atoms with Crippen LogP contribution in [0.1, 0.15) is 48.6 Å². The first-order valence-electron chi connectivity index (χ1n) is 10.3. The summed E-state index contributed by atoms with van der Waals surface area (Å²) in [5.41, 5.74) is 4.46. The number of piperidine rings is 1. The largest absolute Gasteiger partial charge is 0.334 e. The lowest BCUT2D eigenvalue weighted by atomic mass is 10.1. The van der Waals surface area contributed by atoms with Crippen molar-refractivity contribution in [3.63, 3.8) is 0 Å². The molecule has 0 saturated carbocycles. The van der Waals surface area contributed by atoms with Gasteiger partial charge in [0.25, 0.3) is 0 Å². The molecule has 2 aromatic rings. The summed E-state index contributed by atoms with van der Waals surface area (Å²) < 4.78 is 4.29. The van der Waals surface area contributed by atoms with E-state index < -0.39 is 0 Å². The van der Waals surface area contributed by atoms with Gasteiger partial charge in [0.05, 0.1) is 30.8 Å². The molecule has 0 spiro atoms. The molecular weight excluding hydrogens is 354 g/mol. The molecule has 2 amide bonds. The Kier molecular flexibility index (Phi) is 5.39. The number of nitrogens with one attached hydrogen (secondary N) is 2. The van der Waals surface area contributed by atoms with Crippen LogP contribution in [0.2, 0.25) is 0 Å². The lowest BCUT2D eigenvalue weighted by Gasteiger charge is -2.31. The summed E-state index contributed by atoms with van der Waals surface area (Å²) in [5.74, 6) is 0. The average molecular weight is 386 g/mol. The summed E-state index contributed by atoms with van der Waals surface area (Å²) >= 11 is 0. The number of hydrogen-bond donors (Lipinski definition) is 2. The van der Waals surface area contributed by atoms with Gasteiger partial charge < -0.3 is 20.1 Å². The van der Waals surface area contributed by atoms with Crippen molar-refractivity contribution in [3.05, 3.63) is 35.2 Å². The monoisotopic (exact) mass is 385 g/mol. The zero-order chi connectivity index (χ0) is 19.7. The summed E-state index contributed by atoms with van der Waals surface area (Å²) in [7, 11) is 0. The van der Waals surface area contributed by atoms with Gasteiger partial charge in [-0.05, 0) is 46.2 Å². The molecule has 2 unspecified atom stereocenters. The highest BCUT2D eigenvalue weighted by Crippen LogP contribution is 2.24. The van der Waals surface area contributed by atoms with Crippen LogP contribution in [0.3, 0.4) is 0 Å². The minimum Gasteiger partial charge on any atom is -0.334 e. The molecule has 0 aromatic carbocycles. The second-order valence-corrected chi connectivity index (χ2v) is 8.18. The van der Waals surface area contributed by atoms with E-state index in [4.69, 9.17) is 0 Å². The van der Waals surface area contributed by atoms with Crippen molar-refractivity contribution < 1.29 is 4.79 Å². The summed E-state index contributed by atoms with van der Waals surface area (Å²) in [6.45, 7) is 10.2. The number of hydrogen-bond acceptors (Lipinski definition) is 4. The van der Waals surface area contributed by atoms with E-state index in [1.807, 2.05) is 36.7 Å². The molecule has 2 aromatic heterocycles. The first kappa shape index (κ1) is 19.0. The molecule has 1 saturated heterocycles. The molecule has 8 nitrogen and oxygen atoms in total. The molecule has 2 aliphatic rings. The fourth-order valence-corrected chi connectivity index (χ4v) is 4.36. The minimum absolute atomic E-state index is 0.0118. The third-order valence-corrected chi connectivity index (χ3v) is 5.81. The molecule has 4 heterocycles. The van der Waals surface area contributed by atoms with Crippen LogP contribution in [0.4, 0.5) is 4.79 Å². The van der Waals surface area contributed by atoms with Gasteiger partial charge in [0, 0.05) is 43.0 Å². The maximum Gasteiger partial charge on any atom is 0.318 e. The molecule has 0 aliphatic carbocycles. The molecule has 0 bridgehead atoms. The van der Waals surface area contributed by atoms with E-state index in [0.717, 1.165) is 43.1 Å². The van der Waals surface area contributed by atoms with Crippen molar-refractivity contribution in [1.82, 2.24) is 34.9 Å². The van der Waals surface area contributed by atoms with Gasteiger partial charge in [-0.25, -0.2) is 9.78 Å². The van der Waals surface area contributed by atoms with Crippen LogP contribution in [0.5, 0.6) is 0 Å². The predicted octanol–water partition coefficient (Wildman–Crippen LogP) is 1.78. The molecular formula is C20H31N7O. The number of rotatable bonds is 4. The summed E-state index contributed by atoms with van der Waals surface area (Å²) in [5, 5.41) is 11.1. The molecule has 0 radical (unpaired) electrons. The summed E-state index contributed by atoms with van der Waals surface area (Å²) in [6, 6.07) is 2.54. The normalized spacial score (nSPS) is 20.7. The van der Waals surface area contributed by atoms with Crippen molar-refractivity contribution in [3.8, 4) is 0 Å². The molecule has 28 heavy (non-hydrogen) atoms. The van der Waals surface area contributed by atoms with Crippen molar-refractivity contribution in [2.45, 2.75) is 65.2 Å². The van der Waals surface area contributed by atoms with Gasteiger partial charge in [0.2, 0.25) is 0 Å². The highest BCUT2D eigenvalue weighted by atomic mass is 16.2. The van der Waals surface area contributed by atoms with Gasteiger partial charge in [-0.2, -0.15) is 5.10 Å². The van der Waals surface area contributed by atoms with E-state index >= 15 is 0 Å². The Balaban J connectivity index is 1.35. The van der Waals surface area contributed by atoms with E-state index in [2.05, 4.69) is 31.3 Å². The standard InChI is InChI=1S/C20H31N7O/c1-14-9-16(3)27(24-14)11-15(2)23-20(28)25-8-6-19-18(12-25)22-13-26(19)17-5-4-7-21-10-17/h9,13,15,17,21H,4-8,10-12H2,1-3H3,(H,23,28). The number of carbonyl (C=O) groups is 1. The maximum atomic E-state index is 12.7. The zero-order valence-electron chi connectivity index (χ0n) is 17.1. The lowest BCUT2D eigenvalue weighted by molar-refractivity contribution is 0.185. The van der Waals surface area contributed by atoms with Crippen molar-refractivity contribution in [2.75, 3.05) is 19.6 Å².